The molecule has 0 radical (unpaired) electrons. The molecule has 1 aromatic heterocycles. The molecule has 1 nitrogen and oxygen atoms in total. The summed E-state index contributed by atoms with van der Waals surface area (Å²) in [7, 11) is 0. The number of hydrogen-bond acceptors (Lipinski definition) is 0. The van der Waals surface area contributed by atoms with E-state index in [1.807, 2.05) is 0 Å². The minimum absolute atomic E-state index is 0.862. The molecule has 5 aromatic rings. The van der Waals surface area contributed by atoms with E-state index in [0.29, 0.717) is 0 Å². The van der Waals surface area contributed by atoms with Crippen LogP contribution in [-0.4, -0.2) is 4.57 Å². The summed E-state index contributed by atoms with van der Waals surface area (Å²) in [6.07, 6.45) is 0. The van der Waals surface area contributed by atoms with E-state index in [0.717, 1.165) is 11.0 Å². The number of benzene rings is 4. The fourth-order valence-corrected chi connectivity index (χ4v) is 4.17. The lowest BCUT2D eigenvalue weighted by atomic mass is 10.0. The van der Waals surface area contributed by atoms with Crippen LogP contribution in [0.25, 0.3) is 32.9 Å². The van der Waals surface area contributed by atoms with Crippen LogP contribution in [0.15, 0.2) is 102 Å². The number of halogens is 1. The summed E-state index contributed by atoms with van der Waals surface area (Å²) in [5, 5.41) is 2.59. The summed E-state index contributed by atoms with van der Waals surface area (Å²) in [6.45, 7) is 0.862. The molecular formula is C25H18BrN. The zero-order chi connectivity index (χ0) is 18.2. The predicted octanol–water partition coefficient (Wildman–Crippen LogP) is 7.27. The minimum atomic E-state index is 0.862. The summed E-state index contributed by atoms with van der Waals surface area (Å²) in [5.41, 5.74) is 6.36. The largest absolute Gasteiger partial charge is 0.336 e. The molecule has 0 bridgehead atoms. The molecule has 0 atom stereocenters. The van der Waals surface area contributed by atoms with Gasteiger partial charge in [-0.3, -0.25) is 0 Å². The molecule has 5 rings (SSSR count). The molecule has 0 saturated carbocycles. The maximum atomic E-state index is 3.62. The smallest absolute Gasteiger partial charge is 0.0495 e. The van der Waals surface area contributed by atoms with Gasteiger partial charge in [-0.05, 0) is 41.0 Å². The molecule has 0 aliphatic heterocycles. The van der Waals surface area contributed by atoms with Crippen LogP contribution in [0, 0.1) is 0 Å². The average molecular weight is 412 g/mol. The summed E-state index contributed by atoms with van der Waals surface area (Å²) < 4.78 is 3.53. The lowest BCUT2D eigenvalue weighted by Gasteiger charge is -2.09. The van der Waals surface area contributed by atoms with Crippen molar-refractivity contribution < 1.29 is 0 Å². The molecule has 27 heavy (non-hydrogen) atoms. The summed E-state index contributed by atoms with van der Waals surface area (Å²) in [4.78, 5) is 0. The van der Waals surface area contributed by atoms with Gasteiger partial charge in [-0.15, -0.1) is 0 Å². The Morgan fingerprint density at radius 2 is 1.26 bits per heavy atom. The van der Waals surface area contributed by atoms with E-state index in [1.165, 1.54) is 38.5 Å². The van der Waals surface area contributed by atoms with Crippen LogP contribution in [0.1, 0.15) is 5.56 Å². The number of fused-ring (bicyclic) bond motifs is 3. The normalized spacial score (nSPS) is 11.3. The standard InChI is InChI=1S/C25H18BrN/c26-21-14-15-25-23(16-21)22-8-4-5-9-24(22)27(25)17-18-10-12-20(13-11-18)19-6-2-1-3-7-19/h1-16H,17H2. The van der Waals surface area contributed by atoms with E-state index in [-0.39, 0.29) is 0 Å². The highest BCUT2D eigenvalue weighted by Crippen LogP contribution is 2.32. The summed E-state index contributed by atoms with van der Waals surface area (Å²) in [5.74, 6) is 0. The van der Waals surface area contributed by atoms with Gasteiger partial charge >= 0.3 is 0 Å². The maximum absolute atomic E-state index is 3.62. The average Bonchev–Trinajstić information content (AvgIpc) is 3.02. The Bertz CT molecular complexity index is 1230. The van der Waals surface area contributed by atoms with Gasteiger partial charge in [0.25, 0.3) is 0 Å². The minimum Gasteiger partial charge on any atom is -0.336 e. The Hall–Kier alpha value is -2.84. The van der Waals surface area contributed by atoms with Crippen molar-refractivity contribution in [2.45, 2.75) is 6.54 Å². The van der Waals surface area contributed by atoms with E-state index in [1.54, 1.807) is 0 Å². The molecular weight excluding hydrogens is 394 g/mol. The first-order valence-electron chi connectivity index (χ1n) is 9.10. The lowest BCUT2D eigenvalue weighted by Crippen LogP contribution is -1.99. The second-order valence-corrected chi connectivity index (χ2v) is 7.74. The zero-order valence-electron chi connectivity index (χ0n) is 14.8. The number of hydrogen-bond donors (Lipinski definition) is 0. The first kappa shape index (κ1) is 16.3. The fraction of sp³-hybridized carbons (Fsp3) is 0.0400. The van der Waals surface area contributed by atoms with Crippen molar-refractivity contribution in [2.75, 3.05) is 0 Å². The van der Waals surface area contributed by atoms with Gasteiger partial charge in [0.15, 0.2) is 0 Å². The van der Waals surface area contributed by atoms with Gasteiger partial charge in [-0.25, -0.2) is 0 Å². The Kier molecular flexibility index (Phi) is 4.06. The molecule has 0 spiro atoms. The zero-order valence-corrected chi connectivity index (χ0v) is 16.4. The molecule has 0 aliphatic rings. The Labute approximate surface area is 167 Å². The van der Waals surface area contributed by atoms with Crippen LogP contribution in [0.4, 0.5) is 0 Å². The van der Waals surface area contributed by atoms with Gasteiger partial charge in [-0.2, -0.15) is 0 Å². The number of rotatable bonds is 3. The molecule has 0 unspecified atom stereocenters. The van der Waals surface area contributed by atoms with Crippen molar-refractivity contribution in [2.24, 2.45) is 0 Å². The Morgan fingerprint density at radius 1 is 0.593 bits per heavy atom. The predicted molar refractivity (Wildman–Crippen MR) is 118 cm³/mol. The van der Waals surface area contributed by atoms with Crippen molar-refractivity contribution in [1.82, 2.24) is 4.57 Å². The van der Waals surface area contributed by atoms with Crippen molar-refractivity contribution in [3.8, 4) is 11.1 Å². The monoisotopic (exact) mass is 411 g/mol. The van der Waals surface area contributed by atoms with Gasteiger partial charge in [0.2, 0.25) is 0 Å². The molecule has 2 heteroatoms. The van der Waals surface area contributed by atoms with Crippen LogP contribution in [0.5, 0.6) is 0 Å². The lowest BCUT2D eigenvalue weighted by molar-refractivity contribution is 0.869. The second kappa shape index (κ2) is 6.71. The van der Waals surface area contributed by atoms with Crippen LogP contribution in [0.3, 0.4) is 0 Å². The number of nitrogens with zero attached hydrogens (tertiary/aromatic N) is 1. The molecule has 0 aliphatic carbocycles. The first-order chi connectivity index (χ1) is 13.3. The fourth-order valence-electron chi connectivity index (χ4n) is 3.81. The van der Waals surface area contributed by atoms with Gasteiger partial charge in [-0.1, -0.05) is 88.7 Å². The van der Waals surface area contributed by atoms with Crippen molar-refractivity contribution in [1.29, 1.82) is 0 Å². The molecule has 130 valence electrons. The SMILES string of the molecule is Brc1ccc2c(c1)c1ccccc1n2Cc1ccc(-c2ccccc2)cc1. The third-order valence-corrected chi connectivity index (χ3v) is 5.63. The van der Waals surface area contributed by atoms with Crippen LogP contribution < -0.4 is 0 Å². The van der Waals surface area contributed by atoms with Crippen molar-refractivity contribution >= 4 is 37.7 Å². The third kappa shape index (κ3) is 2.96. The third-order valence-electron chi connectivity index (χ3n) is 5.14. The van der Waals surface area contributed by atoms with Crippen LogP contribution in [0.2, 0.25) is 0 Å². The van der Waals surface area contributed by atoms with Gasteiger partial charge < -0.3 is 4.57 Å². The molecule has 4 aromatic carbocycles. The summed E-state index contributed by atoms with van der Waals surface area (Å²) >= 11 is 3.62. The number of aromatic nitrogens is 1. The van der Waals surface area contributed by atoms with E-state index < -0.39 is 0 Å². The highest BCUT2D eigenvalue weighted by molar-refractivity contribution is 9.10. The van der Waals surface area contributed by atoms with E-state index >= 15 is 0 Å². The van der Waals surface area contributed by atoms with E-state index in [2.05, 4.69) is 118 Å². The Morgan fingerprint density at radius 3 is 2.07 bits per heavy atom. The second-order valence-electron chi connectivity index (χ2n) is 6.83. The topological polar surface area (TPSA) is 4.93 Å². The Balaban J connectivity index is 1.58. The molecule has 0 fully saturated rings. The van der Waals surface area contributed by atoms with Crippen LogP contribution in [-0.2, 0) is 6.54 Å². The summed E-state index contributed by atoms with van der Waals surface area (Å²) in [6, 6.07) is 34.6. The van der Waals surface area contributed by atoms with Gasteiger partial charge in [0, 0.05) is 32.8 Å². The van der Waals surface area contributed by atoms with Crippen molar-refractivity contribution in [3.63, 3.8) is 0 Å². The van der Waals surface area contributed by atoms with E-state index in [4.69, 9.17) is 0 Å². The molecule has 0 N–H and O–H groups in total. The van der Waals surface area contributed by atoms with Crippen molar-refractivity contribution in [3.05, 3.63) is 107 Å². The van der Waals surface area contributed by atoms with E-state index in [9.17, 15) is 0 Å². The quantitative estimate of drug-likeness (QED) is 0.294. The highest BCUT2D eigenvalue weighted by atomic mass is 79.9. The van der Waals surface area contributed by atoms with Gasteiger partial charge in [0.1, 0.15) is 0 Å². The molecule has 1 heterocycles. The highest BCUT2D eigenvalue weighted by Gasteiger charge is 2.11. The maximum Gasteiger partial charge on any atom is 0.0495 e. The molecule has 0 amide bonds. The number of para-hydroxylation sites is 1. The van der Waals surface area contributed by atoms with Gasteiger partial charge in [0.05, 0.1) is 0 Å². The van der Waals surface area contributed by atoms with Crippen LogP contribution >= 0.6 is 15.9 Å². The molecule has 0 saturated heterocycles. The first-order valence-corrected chi connectivity index (χ1v) is 9.90.